The van der Waals surface area contributed by atoms with Gasteiger partial charge in [-0.15, -0.1) is 0 Å². The monoisotopic (exact) mass is 323 g/mol. The third-order valence-electron chi connectivity index (χ3n) is 3.99. The average molecular weight is 323 g/mol. The molecule has 0 amide bonds. The van der Waals surface area contributed by atoms with Gasteiger partial charge in [0.25, 0.3) is 0 Å². The molecule has 124 valence electrons. The predicted octanol–water partition coefficient (Wildman–Crippen LogP) is 3.36. The fraction of sp³-hybridized carbons (Fsp3) is 0.263. The maximum atomic E-state index is 9.32. The summed E-state index contributed by atoms with van der Waals surface area (Å²) in [5.41, 5.74) is 8.44. The van der Waals surface area contributed by atoms with E-state index in [4.69, 9.17) is 10.3 Å². The van der Waals surface area contributed by atoms with Crippen molar-refractivity contribution in [2.24, 2.45) is 5.73 Å². The van der Waals surface area contributed by atoms with Crippen LogP contribution in [0.5, 0.6) is 5.75 Å². The Morgan fingerprint density at radius 2 is 1.67 bits per heavy atom. The van der Waals surface area contributed by atoms with Crippen LogP contribution >= 0.6 is 0 Å². The second-order valence-electron chi connectivity index (χ2n) is 6.06. The third-order valence-corrected chi connectivity index (χ3v) is 3.99. The summed E-state index contributed by atoms with van der Waals surface area (Å²) in [7, 11) is 0. The Bertz CT molecular complexity index is 769. The molecule has 3 rings (SSSR count). The molecule has 0 spiro atoms. The number of benzene rings is 2. The highest BCUT2D eigenvalue weighted by Gasteiger charge is 2.19. The second-order valence-corrected chi connectivity index (χ2v) is 6.06. The standard InChI is InChI=1S/C19H21N3O2/c1-13(11-14-5-3-2-4-6-14)19-21-18(22-24-19)17(20)12-15-7-9-16(23)10-8-15/h2-10,13,17,23H,11-12,20H2,1H3/t13-,17-/m0/s1. The highest BCUT2D eigenvalue weighted by Crippen LogP contribution is 2.21. The topological polar surface area (TPSA) is 85.2 Å². The van der Waals surface area contributed by atoms with Gasteiger partial charge in [0.2, 0.25) is 5.89 Å². The highest BCUT2D eigenvalue weighted by atomic mass is 16.5. The van der Waals surface area contributed by atoms with Crippen LogP contribution in [0.2, 0.25) is 0 Å². The Labute approximate surface area is 141 Å². The van der Waals surface area contributed by atoms with Gasteiger partial charge in [0.15, 0.2) is 5.82 Å². The molecular formula is C19H21N3O2. The van der Waals surface area contributed by atoms with Gasteiger partial charge in [-0.05, 0) is 36.1 Å². The highest BCUT2D eigenvalue weighted by molar-refractivity contribution is 5.26. The Kier molecular flexibility index (Phi) is 4.91. The zero-order valence-electron chi connectivity index (χ0n) is 13.6. The van der Waals surface area contributed by atoms with Gasteiger partial charge in [-0.2, -0.15) is 4.98 Å². The van der Waals surface area contributed by atoms with Gasteiger partial charge < -0.3 is 15.4 Å². The quantitative estimate of drug-likeness (QED) is 0.726. The molecule has 0 aliphatic rings. The summed E-state index contributed by atoms with van der Waals surface area (Å²) in [6, 6.07) is 16.9. The van der Waals surface area contributed by atoms with Crippen LogP contribution in [0, 0.1) is 0 Å². The number of rotatable bonds is 6. The van der Waals surface area contributed by atoms with Gasteiger partial charge >= 0.3 is 0 Å². The first-order chi connectivity index (χ1) is 11.6. The second kappa shape index (κ2) is 7.27. The lowest BCUT2D eigenvalue weighted by Crippen LogP contribution is -2.15. The molecule has 0 bridgehead atoms. The lowest BCUT2D eigenvalue weighted by Gasteiger charge is -2.07. The van der Waals surface area contributed by atoms with E-state index in [9.17, 15) is 5.11 Å². The van der Waals surface area contributed by atoms with Crippen LogP contribution < -0.4 is 5.73 Å². The first kappa shape index (κ1) is 16.2. The van der Waals surface area contributed by atoms with Crippen LogP contribution in [0.25, 0.3) is 0 Å². The van der Waals surface area contributed by atoms with Crippen molar-refractivity contribution in [3.8, 4) is 5.75 Å². The summed E-state index contributed by atoms with van der Waals surface area (Å²) in [5.74, 6) is 1.49. The average Bonchev–Trinajstić information content (AvgIpc) is 3.08. The van der Waals surface area contributed by atoms with E-state index in [-0.39, 0.29) is 17.7 Å². The van der Waals surface area contributed by atoms with Crippen LogP contribution in [-0.4, -0.2) is 15.2 Å². The molecule has 0 unspecified atom stereocenters. The number of nitrogens with zero attached hydrogens (tertiary/aromatic N) is 2. The van der Waals surface area contributed by atoms with E-state index >= 15 is 0 Å². The van der Waals surface area contributed by atoms with Gasteiger partial charge in [-0.25, -0.2) is 0 Å². The first-order valence-corrected chi connectivity index (χ1v) is 8.02. The van der Waals surface area contributed by atoms with Gasteiger partial charge in [-0.1, -0.05) is 54.5 Å². The zero-order valence-corrected chi connectivity index (χ0v) is 13.6. The number of hydrogen-bond donors (Lipinski definition) is 2. The van der Waals surface area contributed by atoms with Crippen LogP contribution in [0.15, 0.2) is 59.1 Å². The van der Waals surface area contributed by atoms with Crippen LogP contribution in [0.1, 0.15) is 41.7 Å². The summed E-state index contributed by atoms with van der Waals surface area (Å²) in [6.07, 6.45) is 1.43. The Hall–Kier alpha value is -2.66. The molecule has 2 aromatic carbocycles. The molecule has 0 saturated carbocycles. The van der Waals surface area contributed by atoms with Gasteiger partial charge in [-0.3, -0.25) is 0 Å². The van der Waals surface area contributed by atoms with Crippen molar-refractivity contribution in [1.29, 1.82) is 0 Å². The van der Waals surface area contributed by atoms with Crippen LogP contribution in [0.4, 0.5) is 0 Å². The Morgan fingerprint density at radius 3 is 2.38 bits per heavy atom. The summed E-state index contributed by atoms with van der Waals surface area (Å²) < 4.78 is 5.40. The molecule has 5 heteroatoms. The number of aromatic hydroxyl groups is 1. The minimum atomic E-state index is -0.337. The normalized spacial score (nSPS) is 13.6. The van der Waals surface area contributed by atoms with E-state index < -0.39 is 0 Å². The Balaban J connectivity index is 1.64. The molecule has 0 radical (unpaired) electrons. The molecule has 2 atom stereocenters. The molecule has 0 aliphatic carbocycles. The van der Waals surface area contributed by atoms with Crippen molar-refractivity contribution in [2.75, 3.05) is 0 Å². The van der Waals surface area contributed by atoms with Crippen molar-refractivity contribution in [3.05, 3.63) is 77.4 Å². The van der Waals surface area contributed by atoms with Crippen molar-refractivity contribution in [3.63, 3.8) is 0 Å². The molecule has 1 aromatic heterocycles. The number of aromatic nitrogens is 2. The van der Waals surface area contributed by atoms with Crippen molar-refractivity contribution >= 4 is 0 Å². The predicted molar refractivity (Wildman–Crippen MR) is 91.6 cm³/mol. The van der Waals surface area contributed by atoms with Gasteiger partial charge in [0.1, 0.15) is 5.75 Å². The minimum Gasteiger partial charge on any atom is -0.508 e. The molecule has 3 aromatic rings. The van der Waals surface area contributed by atoms with E-state index in [0.717, 1.165) is 12.0 Å². The molecule has 5 nitrogen and oxygen atoms in total. The number of nitrogens with two attached hydrogens (primary N) is 1. The summed E-state index contributed by atoms with van der Waals surface area (Å²) in [6.45, 7) is 2.07. The van der Waals surface area contributed by atoms with Crippen molar-refractivity contribution in [2.45, 2.75) is 31.7 Å². The third kappa shape index (κ3) is 4.00. The van der Waals surface area contributed by atoms with Crippen LogP contribution in [0.3, 0.4) is 0 Å². The molecule has 3 N–H and O–H groups in total. The summed E-state index contributed by atoms with van der Waals surface area (Å²) in [5, 5.41) is 13.4. The maximum Gasteiger partial charge on any atom is 0.229 e. The van der Waals surface area contributed by atoms with Crippen molar-refractivity contribution in [1.82, 2.24) is 10.1 Å². The molecule has 0 saturated heterocycles. The van der Waals surface area contributed by atoms with Gasteiger partial charge in [0.05, 0.1) is 6.04 Å². The lowest BCUT2D eigenvalue weighted by molar-refractivity contribution is 0.351. The zero-order chi connectivity index (χ0) is 16.9. The molecular weight excluding hydrogens is 302 g/mol. The number of hydrogen-bond acceptors (Lipinski definition) is 5. The number of phenols is 1. The fourth-order valence-corrected chi connectivity index (χ4v) is 2.63. The fourth-order valence-electron chi connectivity index (χ4n) is 2.63. The largest absolute Gasteiger partial charge is 0.508 e. The maximum absolute atomic E-state index is 9.32. The minimum absolute atomic E-state index is 0.134. The van der Waals surface area contributed by atoms with Gasteiger partial charge in [0, 0.05) is 5.92 Å². The Morgan fingerprint density at radius 1 is 1.00 bits per heavy atom. The lowest BCUT2D eigenvalue weighted by atomic mass is 10.0. The van der Waals surface area contributed by atoms with Crippen molar-refractivity contribution < 1.29 is 9.63 Å². The van der Waals surface area contributed by atoms with Crippen LogP contribution in [-0.2, 0) is 12.8 Å². The van der Waals surface area contributed by atoms with E-state index in [1.54, 1.807) is 12.1 Å². The SMILES string of the molecule is C[C@@H](Cc1ccccc1)c1nc([C@@H](N)Cc2ccc(O)cc2)no1. The van der Waals surface area contributed by atoms with E-state index in [2.05, 4.69) is 29.2 Å². The first-order valence-electron chi connectivity index (χ1n) is 8.02. The molecule has 1 heterocycles. The summed E-state index contributed by atoms with van der Waals surface area (Å²) >= 11 is 0. The van der Waals surface area contributed by atoms with E-state index in [1.807, 2.05) is 30.3 Å². The molecule has 24 heavy (non-hydrogen) atoms. The molecule has 0 aliphatic heterocycles. The molecule has 0 fully saturated rings. The van der Waals surface area contributed by atoms with E-state index in [0.29, 0.717) is 18.1 Å². The summed E-state index contributed by atoms with van der Waals surface area (Å²) in [4.78, 5) is 4.47. The smallest absolute Gasteiger partial charge is 0.229 e. The van der Waals surface area contributed by atoms with E-state index in [1.165, 1.54) is 5.56 Å². The number of phenolic OH excluding ortho intramolecular Hbond substituents is 1.